The molecule has 1 aliphatic rings. The third-order valence-electron chi connectivity index (χ3n) is 6.14. The first-order chi connectivity index (χ1) is 16.9. The molecule has 0 aliphatic carbocycles. The number of benzene rings is 3. The zero-order chi connectivity index (χ0) is 24.4. The number of hydrogen-bond donors (Lipinski definition) is 0. The van der Waals surface area contributed by atoms with E-state index in [-0.39, 0.29) is 18.0 Å². The average molecular weight is 553 g/mol. The van der Waals surface area contributed by atoms with Crippen molar-refractivity contribution in [1.29, 1.82) is 0 Å². The lowest BCUT2D eigenvalue weighted by molar-refractivity contribution is 0.206. The van der Waals surface area contributed by atoms with Crippen molar-refractivity contribution in [3.8, 4) is 5.75 Å². The van der Waals surface area contributed by atoms with Crippen LogP contribution in [0.25, 0.3) is 0 Å². The first-order valence-electron chi connectivity index (χ1n) is 11.3. The van der Waals surface area contributed by atoms with Gasteiger partial charge in [-0.15, -0.1) is 5.10 Å². The standard InChI is InChI=1S/C26H25BrN4O3S/c1-19-7-5-6-10-21(19)15-30-16-23(28-29-30)17-31-24(13-20-8-3-2-4-9-20)18-34-25-14-22(27)11-12-26(25)35(31,32)33/h2-12,14,16,24H,13,15,17-18H2,1H3/t24-/m1/s1. The molecule has 0 radical (unpaired) electrons. The van der Waals surface area contributed by atoms with Crippen molar-refractivity contribution >= 4 is 26.0 Å². The van der Waals surface area contributed by atoms with Crippen LogP contribution < -0.4 is 4.74 Å². The molecule has 7 nitrogen and oxygen atoms in total. The number of ether oxygens (including phenoxy) is 1. The fourth-order valence-electron chi connectivity index (χ4n) is 4.27. The predicted molar refractivity (Wildman–Crippen MR) is 137 cm³/mol. The van der Waals surface area contributed by atoms with Crippen LogP contribution in [0.15, 0.2) is 88.4 Å². The van der Waals surface area contributed by atoms with Crippen LogP contribution in [0.2, 0.25) is 0 Å². The van der Waals surface area contributed by atoms with E-state index in [9.17, 15) is 8.42 Å². The molecule has 0 amide bonds. The summed E-state index contributed by atoms with van der Waals surface area (Å²) in [5.74, 6) is 0.350. The molecule has 180 valence electrons. The van der Waals surface area contributed by atoms with E-state index in [1.165, 1.54) is 9.87 Å². The Morgan fingerprint density at radius 2 is 1.80 bits per heavy atom. The van der Waals surface area contributed by atoms with E-state index in [0.29, 0.717) is 24.4 Å². The van der Waals surface area contributed by atoms with Crippen molar-refractivity contribution in [2.45, 2.75) is 37.4 Å². The van der Waals surface area contributed by atoms with Gasteiger partial charge in [0.1, 0.15) is 17.3 Å². The van der Waals surface area contributed by atoms with E-state index in [1.807, 2.05) is 48.7 Å². The van der Waals surface area contributed by atoms with Crippen LogP contribution in [-0.2, 0) is 29.5 Å². The fraction of sp³-hybridized carbons (Fsp3) is 0.231. The van der Waals surface area contributed by atoms with Crippen molar-refractivity contribution < 1.29 is 13.2 Å². The molecule has 0 saturated heterocycles. The van der Waals surface area contributed by atoms with Crippen molar-refractivity contribution in [1.82, 2.24) is 19.3 Å². The maximum absolute atomic E-state index is 13.9. The maximum Gasteiger partial charge on any atom is 0.247 e. The van der Waals surface area contributed by atoms with Crippen LogP contribution >= 0.6 is 15.9 Å². The highest BCUT2D eigenvalue weighted by Crippen LogP contribution is 2.35. The molecule has 3 aromatic carbocycles. The van der Waals surface area contributed by atoms with E-state index < -0.39 is 16.1 Å². The van der Waals surface area contributed by atoms with Gasteiger partial charge in [0.05, 0.1) is 31.0 Å². The van der Waals surface area contributed by atoms with Crippen molar-refractivity contribution in [2.24, 2.45) is 0 Å². The molecule has 4 aromatic rings. The molecule has 0 spiro atoms. The summed E-state index contributed by atoms with van der Waals surface area (Å²) in [4.78, 5) is 0.156. The summed E-state index contributed by atoms with van der Waals surface area (Å²) in [6, 6.07) is 22.6. The highest BCUT2D eigenvalue weighted by atomic mass is 79.9. The number of hydrogen-bond acceptors (Lipinski definition) is 5. The molecular formula is C26H25BrN4O3S. The normalized spacial score (nSPS) is 17.4. The number of halogens is 1. The fourth-order valence-corrected chi connectivity index (χ4v) is 6.31. The van der Waals surface area contributed by atoms with Crippen LogP contribution in [0.5, 0.6) is 5.75 Å². The average Bonchev–Trinajstić information content (AvgIpc) is 3.25. The van der Waals surface area contributed by atoms with Crippen LogP contribution in [0.4, 0.5) is 0 Å². The lowest BCUT2D eigenvalue weighted by Crippen LogP contribution is -2.42. The number of sulfonamides is 1. The molecule has 1 aromatic heterocycles. The Kier molecular flexibility index (Phi) is 6.73. The third kappa shape index (κ3) is 5.17. The van der Waals surface area contributed by atoms with Gasteiger partial charge in [0.15, 0.2) is 0 Å². The Labute approximate surface area is 213 Å². The zero-order valence-corrected chi connectivity index (χ0v) is 21.6. The Balaban J connectivity index is 1.47. The third-order valence-corrected chi connectivity index (χ3v) is 8.57. The molecule has 0 saturated carbocycles. The largest absolute Gasteiger partial charge is 0.490 e. The number of rotatable bonds is 6. The first kappa shape index (κ1) is 23.7. The molecule has 0 N–H and O–H groups in total. The summed E-state index contributed by atoms with van der Waals surface area (Å²) < 4.78 is 37.8. The summed E-state index contributed by atoms with van der Waals surface area (Å²) in [6.07, 6.45) is 2.34. The zero-order valence-electron chi connectivity index (χ0n) is 19.2. The van der Waals surface area contributed by atoms with Gasteiger partial charge in [-0.1, -0.05) is 75.7 Å². The molecule has 2 heterocycles. The molecule has 35 heavy (non-hydrogen) atoms. The van der Waals surface area contributed by atoms with Crippen molar-refractivity contribution in [3.63, 3.8) is 0 Å². The number of aryl methyl sites for hydroxylation is 1. The van der Waals surface area contributed by atoms with Gasteiger partial charge in [0.2, 0.25) is 10.0 Å². The van der Waals surface area contributed by atoms with E-state index in [0.717, 1.165) is 15.6 Å². The Morgan fingerprint density at radius 3 is 2.60 bits per heavy atom. The van der Waals surface area contributed by atoms with Gasteiger partial charge in [-0.3, -0.25) is 0 Å². The van der Waals surface area contributed by atoms with Gasteiger partial charge in [0, 0.05) is 4.47 Å². The summed E-state index contributed by atoms with van der Waals surface area (Å²) in [5, 5.41) is 8.56. The molecule has 0 fully saturated rings. The van der Waals surface area contributed by atoms with Gasteiger partial charge in [-0.05, 0) is 48.2 Å². The predicted octanol–water partition coefficient (Wildman–Crippen LogP) is 4.59. The Bertz CT molecular complexity index is 1440. The highest BCUT2D eigenvalue weighted by Gasteiger charge is 2.37. The minimum absolute atomic E-state index is 0.104. The van der Waals surface area contributed by atoms with Crippen molar-refractivity contribution in [3.05, 3.63) is 106 Å². The van der Waals surface area contributed by atoms with Crippen molar-refractivity contribution in [2.75, 3.05) is 6.61 Å². The smallest absolute Gasteiger partial charge is 0.247 e. The first-order valence-corrected chi connectivity index (χ1v) is 13.5. The summed E-state index contributed by atoms with van der Waals surface area (Å²) in [7, 11) is -3.85. The molecule has 1 aliphatic heterocycles. The number of aromatic nitrogens is 3. The van der Waals surface area contributed by atoms with Crippen LogP contribution in [0, 0.1) is 6.92 Å². The molecular weight excluding hydrogens is 528 g/mol. The second-order valence-corrected chi connectivity index (χ2v) is 11.4. The Morgan fingerprint density at radius 1 is 1.03 bits per heavy atom. The topological polar surface area (TPSA) is 77.3 Å². The lowest BCUT2D eigenvalue weighted by Gasteiger charge is -2.27. The van der Waals surface area contributed by atoms with E-state index in [4.69, 9.17) is 4.74 Å². The SMILES string of the molecule is Cc1ccccc1Cn1cc(CN2[C@H](Cc3ccccc3)COc3cc(Br)ccc3S2(=O)=O)nn1. The van der Waals surface area contributed by atoms with Gasteiger partial charge in [0.25, 0.3) is 0 Å². The van der Waals surface area contributed by atoms with Crippen LogP contribution in [0.1, 0.15) is 22.4 Å². The highest BCUT2D eigenvalue weighted by molar-refractivity contribution is 9.10. The quantitative estimate of drug-likeness (QED) is 0.349. The summed E-state index contributed by atoms with van der Waals surface area (Å²) in [6.45, 7) is 2.96. The Hall–Kier alpha value is -3.01. The molecule has 9 heteroatoms. The van der Waals surface area contributed by atoms with E-state index >= 15 is 0 Å². The van der Waals surface area contributed by atoms with E-state index in [1.54, 1.807) is 22.9 Å². The molecule has 0 bridgehead atoms. The van der Waals surface area contributed by atoms with Gasteiger partial charge in [-0.2, -0.15) is 4.31 Å². The minimum atomic E-state index is -3.85. The minimum Gasteiger partial charge on any atom is -0.490 e. The van der Waals surface area contributed by atoms with Crippen LogP contribution in [-0.4, -0.2) is 40.4 Å². The monoisotopic (exact) mass is 552 g/mol. The van der Waals surface area contributed by atoms with E-state index in [2.05, 4.69) is 45.3 Å². The summed E-state index contributed by atoms with van der Waals surface area (Å²) in [5.41, 5.74) is 3.93. The number of fused-ring (bicyclic) bond motifs is 1. The lowest BCUT2D eigenvalue weighted by atomic mass is 10.1. The number of nitrogens with zero attached hydrogens (tertiary/aromatic N) is 4. The van der Waals surface area contributed by atoms with Crippen LogP contribution in [0.3, 0.4) is 0 Å². The molecule has 1 atom stereocenters. The second-order valence-electron chi connectivity index (χ2n) is 8.63. The summed E-state index contributed by atoms with van der Waals surface area (Å²) >= 11 is 3.42. The van der Waals surface area contributed by atoms with Gasteiger partial charge in [-0.25, -0.2) is 13.1 Å². The molecule has 0 unspecified atom stereocenters. The maximum atomic E-state index is 13.9. The molecule has 5 rings (SSSR count). The second kappa shape index (κ2) is 9.93. The van der Waals surface area contributed by atoms with Gasteiger partial charge < -0.3 is 4.74 Å². The van der Waals surface area contributed by atoms with Gasteiger partial charge >= 0.3 is 0 Å².